The average Bonchev–Trinajstić information content (AvgIpc) is 3.16. The first kappa shape index (κ1) is 20.9. The Hall–Kier alpha value is -3.37. The van der Waals surface area contributed by atoms with Crippen LogP contribution in [0.15, 0.2) is 57.8 Å². The highest BCUT2D eigenvalue weighted by molar-refractivity contribution is 7.92. The number of rotatable bonds is 5. The maximum absolute atomic E-state index is 13.1. The predicted octanol–water partition coefficient (Wildman–Crippen LogP) is 2.49. The Balaban J connectivity index is 1.71. The number of furan rings is 1. The maximum atomic E-state index is 13.1. The van der Waals surface area contributed by atoms with E-state index < -0.39 is 21.9 Å². The van der Waals surface area contributed by atoms with Gasteiger partial charge in [0, 0.05) is 18.5 Å². The third-order valence-electron chi connectivity index (χ3n) is 4.91. The fourth-order valence-corrected chi connectivity index (χ4v) is 4.37. The second kappa shape index (κ2) is 8.40. The molecule has 1 amide bonds. The lowest BCUT2D eigenvalue weighted by Crippen LogP contribution is -2.40. The predicted molar refractivity (Wildman–Crippen MR) is 112 cm³/mol. The number of anilines is 1. The summed E-state index contributed by atoms with van der Waals surface area (Å²) >= 11 is 0. The van der Waals surface area contributed by atoms with E-state index in [1.165, 1.54) is 31.4 Å². The van der Waals surface area contributed by atoms with E-state index in [1.807, 2.05) is 0 Å². The summed E-state index contributed by atoms with van der Waals surface area (Å²) < 4.78 is 44.2. The number of esters is 1. The first-order valence-electron chi connectivity index (χ1n) is 9.50. The van der Waals surface area contributed by atoms with Crippen LogP contribution in [0.5, 0.6) is 0 Å². The van der Waals surface area contributed by atoms with E-state index in [2.05, 4.69) is 9.46 Å². The maximum Gasteiger partial charge on any atom is 0.337 e. The van der Waals surface area contributed by atoms with E-state index in [9.17, 15) is 18.0 Å². The van der Waals surface area contributed by atoms with Crippen LogP contribution in [0.2, 0.25) is 0 Å². The van der Waals surface area contributed by atoms with E-state index in [0.29, 0.717) is 37.3 Å². The van der Waals surface area contributed by atoms with Gasteiger partial charge in [-0.3, -0.25) is 9.52 Å². The number of amides is 1. The molecule has 2 heterocycles. The molecule has 10 heteroatoms. The number of hydrogen-bond donors (Lipinski definition) is 1. The van der Waals surface area contributed by atoms with Gasteiger partial charge in [0.1, 0.15) is 11.3 Å². The molecule has 0 atom stereocenters. The summed E-state index contributed by atoms with van der Waals surface area (Å²) in [4.78, 5) is 26.1. The standard InChI is InChI=1S/C21H20N2O7S/c1-28-21(25)14-6-8-15(9-7-14)31(26,27)22-18-16-4-2-3-5-17(16)30-19(18)20(24)23-10-12-29-13-11-23/h2-9,22H,10-13H2,1H3. The third kappa shape index (κ3) is 4.12. The minimum absolute atomic E-state index is 0.0733. The second-order valence-electron chi connectivity index (χ2n) is 6.83. The number of morpholine rings is 1. The zero-order valence-electron chi connectivity index (χ0n) is 16.7. The molecule has 0 spiro atoms. The van der Waals surface area contributed by atoms with Crippen molar-refractivity contribution in [2.75, 3.05) is 38.1 Å². The Bertz CT molecular complexity index is 1230. The van der Waals surface area contributed by atoms with Gasteiger partial charge in [-0.2, -0.15) is 0 Å². The minimum atomic E-state index is -4.07. The molecule has 0 aliphatic carbocycles. The van der Waals surface area contributed by atoms with E-state index in [1.54, 1.807) is 29.2 Å². The molecule has 1 aliphatic rings. The molecule has 3 aromatic rings. The van der Waals surface area contributed by atoms with E-state index >= 15 is 0 Å². The quantitative estimate of drug-likeness (QED) is 0.601. The largest absolute Gasteiger partial charge is 0.465 e. The highest BCUT2D eigenvalue weighted by Gasteiger charge is 2.29. The zero-order valence-corrected chi connectivity index (χ0v) is 17.5. The highest BCUT2D eigenvalue weighted by atomic mass is 32.2. The summed E-state index contributed by atoms with van der Waals surface area (Å²) in [6.45, 7) is 1.58. The van der Waals surface area contributed by atoms with Gasteiger partial charge < -0.3 is 18.8 Å². The molecule has 1 aromatic heterocycles. The third-order valence-corrected chi connectivity index (χ3v) is 6.28. The number of carbonyl (C=O) groups excluding carboxylic acids is 2. The summed E-state index contributed by atoms with van der Waals surface area (Å²) in [6, 6.07) is 12.1. The molecule has 31 heavy (non-hydrogen) atoms. The van der Waals surface area contributed by atoms with Crippen LogP contribution >= 0.6 is 0 Å². The lowest BCUT2D eigenvalue weighted by atomic mass is 10.2. The molecule has 1 aliphatic heterocycles. The van der Waals surface area contributed by atoms with Crippen LogP contribution in [-0.2, 0) is 19.5 Å². The molecule has 162 valence electrons. The summed E-state index contributed by atoms with van der Waals surface area (Å²) in [5.41, 5.74) is 0.681. The number of carbonyl (C=O) groups is 2. The molecule has 1 fully saturated rings. The summed E-state index contributed by atoms with van der Waals surface area (Å²) in [5.74, 6) is -1.08. The van der Waals surface area contributed by atoms with Gasteiger partial charge in [0.2, 0.25) is 5.76 Å². The van der Waals surface area contributed by atoms with Gasteiger partial charge in [0.15, 0.2) is 0 Å². The summed E-state index contributed by atoms with van der Waals surface area (Å²) in [5, 5.41) is 0.467. The molecule has 1 saturated heterocycles. The van der Waals surface area contributed by atoms with Crippen LogP contribution in [0.25, 0.3) is 11.0 Å². The van der Waals surface area contributed by atoms with Crippen LogP contribution in [0.3, 0.4) is 0 Å². The first-order valence-corrected chi connectivity index (χ1v) is 11.0. The van der Waals surface area contributed by atoms with Crippen molar-refractivity contribution in [2.45, 2.75) is 4.90 Å². The molecule has 4 rings (SSSR count). The number of fused-ring (bicyclic) bond motifs is 1. The fraction of sp³-hybridized carbons (Fsp3) is 0.238. The molecular weight excluding hydrogens is 424 g/mol. The van der Waals surface area contributed by atoms with Crippen molar-refractivity contribution in [3.05, 3.63) is 59.9 Å². The Kier molecular flexibility index (Phi) is 5.66. The van der Waals surface area contributed by atoms with Crippen molar-refractivity contribution in [3.8, 4) is 0 Å². The first-order chi connectivity index (χ1) is 14.9. The number of hydrogen-bond acceptors (Lipinski definition) is 7. The zero-order chi connectivity index (χ0) is 22.0. The lowest BCUT2D eigenvalue weighted by Gasteiger charge is -2.26. The monoisotopic (exact) mass is 444 g/mol. The number of methoxy groups -OCH3 is 1. The van der Waals surface area contributed by atoms with Gasteiger partial charge in [0.25, 0.3) is 15.9 Å². The molecular formula is C21H20N2O7S. The van der Waals surface area contributed by atoms with Gasteiger partial charge in [-0.25, -0.2) is 13.2 Å². The smallest absolute Gasteiger partial charge is 0.337 e. The van der Waals surface area contributed by atoms with Crippen LogP contribution in [0.4, 0.5) is 5.69 Å². The summed E-state index contributed by atoms with van der Waals surface area (Å²) in [7, 11) is -2.83. The molecule has 0 radical (unpaired) electrons. The van der Waals surface area contributed by atoms with Crippen LogP contribution in [-0.4, -0.2) is 58.6 Å². The van der Waals surface area contributed by atoms with Crippen LogP contribution in [0, 0.1) is 0 Å². The number of benzene rings is 2. The number of sulfonamides is 1. The van der Waals surface area contributed by atoms with Gasteiger partial charge in [-0.1, -0.05) is 12.1 Å². The van der Waals surface area contributed by atoms with Crippen molar-refractivity contribution < 1.29 is 31.9 Å². The molecule has 2 aromatic carbocycles. The number of ether oxygens (including phenoxy) is 2. The number of nitrogens with zero attached hydrogens (tertiary/aromatic N) is 1. The highest BCUT2D eigenvalue weighted by Crippen LogP contribution is 2.33. The Morgan fingerprint density at radius 2 is 1.71 bits per heavy atom. The van der Waals surface area contributed by atoms with Gasteiger partial charge in [-0.15, -0.1) is 0 Å². The van der Waals surface area contributed by atoms with Gasteiger partial charge in [0.05, 0.1) is 30.8 Å². The van der Waals surface area contributed by atoms with E-state index in [-0.39, 0.29) is 21.9 Å². The van der Waals surface area contributed by atoms with Crippen molar-refractivity contribution in [2.24, 2.45) is 0 Å². The van der Waals surface area contributed by atoms with E-state index in [4.69, 9.17) is 9.15 Å². The minimum Gasteiger partial charge on any atom is -0.465 e. The number of para-hydroxylation sites is 1. The Morgan fingerprint density at radius 1 is 1.03 bits per heavy atom. The lowest BCUT2D eigenvalue weighted by molar-refractivity contribution is 0.0285. The molecule has 0 unspecified atom stereocenters. The van der Waals surface area contributed by atoms with Crippen molar-refractivity contribution in [1.29, 1.82) is 0 Å². The molecule has 1 N–H and O–H groups in total. The molecule has 0 bridgehead atoms. The van der Waals surface area contributed by atoms with Crippen LogP contribution in [0.1, 0.15) is 20.9 Å². The molecule has 0 saturated carbocycles. The topological polar surface area (TPSA) is 115 Å². The summed E-state index contributed by atoms with van der Waals surface area (Å²) in [6.07, 6.45) is 0. The number of nitrogens with one attached hydrogen (secondary N) is 1. The Morgan fingerprint density at radius 3 is 2.39 bits per heavy atom. The molecule has 9 nitrogen and oxygen atoms in total. The van der Waals surface area contributed by atoms with Crippen LogP contribution < -0.4 is 4.72 Å². The normalized spacial score (nSPS) is 14.4. The SMILES string of the molecule is COC(=O)c1ccc(S(=O)(=O)Nc2c(C(=O)N3CCOCC3)oc3ccccc23)cc1. The average molecular weight is 444 g/mol. The second-order valence-corrected chi connectivity index (χ2v) is 8.51. The van der Waals surface area contributed by atoms with Crippen molar-refractivity contribution >= 4 is 38.6 Å². The van der Waals surface area contributed by atoms with Gasteiger partial charge >= 0.3 is 5.97 Å². The fourth-order valence-electron chi connectivity index (χ4n) is 3.29. The van der Waals surface area contributed by atoms with Crippen molar-refractivity contribution in [1.82, 2.24) is 4.90 Å². The Labute approximate surface area is 178 Å². The van der Waals surface area contributed by atoms with E-state index in [0.717, 1.165) is 0 Å². The van der Waals surface area contributed by atoms with Crippen molar-refractivity contribution in [3.63, 3.8) is 0 Å². The van der Waals surface area contributed by atoms with Gasteiger partial charge in [-0.05, 0) is 36.4 Å².